The van der Waals surface area contributed by atoms with Gasteiger partial charge in [-0.15, -0.1) is 5.10 Å². The molecule has 1 amide bonds. The van der Waals surface area contributed by atoms with E-state index in [1.54, 1.807) is 4.90 Å². The van der Waals surface area contributed by atoms with Crippen molar-refractivity contribution in [1.82, 2.24) is 24.7 Å². The minimum atomic E-state index is 0.0256. The van der Waals surface area contributed by atoms with E-state index in [9.17, 15) is 4.79 Å². The molecule has 6 nitrogen and oxygen atoms in total. The predicted octanol–water partition coefficient (Wildman–Crippen LogP) is -0.176. The van der Waals surface area contributed by atoms with Crippen LogP contribution in [0.4, 0.5) is 0 Å². The van der Waals surface area contributed by atoms with Gasteiger partial charge in [0, 0.05) is 46.3 Å². The maximum Gasteiger partial charge on any atom is 0.267 e. The number of likely N-dealkylation sites (N-methyl/N-ethyl adjacent to an activating group) is 1. The Kier molecular flexibility index (Phi) is 4.62. The van der Waals surface area contributed by atoms with Gasteiger partial charge in [0.2, 0.25) is 0 Å². The number of nitrogens with one attached hydrogen (secondary N) is 1. The first-order valence-corrected chi connectivity index (χ1v) is 6.93. The van der Waals surface area contributed by atoms with Gasteiger partial charge in [0.1, 0.15) is 4.88 Å². The lowest BCUT2D eigenvalue weighted by Crippen LogP contribution is -2.46. The van der Waals surface area contributed by atoms with Gasteiger partial charge in [0.25, 0.3) is 5.91 Å². The third-order valence-electron chi connectivity index (χ3n) is 3.15. The summed E-state index contributed by atoms with van der Waals surface area (Å²) in [7, 11) is 1.84. The highest BCUT2D eigenvalue weighted by Gasteiger charge is 2.18. The van der Waals surface area contributed by atoms with Crippen LogP contribution < -0.4 is 5.32 Å². The van der Waals surface area contributed by atoms with Crippen molar-refractivity contribution >= 4 is 17.4 Å². The molecule has 0 unspecified atom stereocenters. The number of hydrogen-bond acceptors (Lipinski definition) is 6. The SMILES string of the molecule is Cc1nnsc1C(=O)N(C)CCN1CCNCC1. The van der Waals surface area contributed by atoms with Crippen LogP contribution in [0, 0.1) is 6.92 Å². The monoisotopic (exact) mass is 269 g/mol. The van der Waals surface area contributed by atoms with Crippen LogP contribution >= 0.6 is 11.5 Å². The first-order valence-electron chi connectivity index (χ1n) is 6.16. The van der Waals surface area contributed by atoms with Gasteiger partial charge in [-0.05, 0) is 18.5 Å². The third kappa shape index (κ3) is 3.24. The number of aryl methyl sites for hydroxylation is 1. The molecule has 1 aromatic heterocycles. The van der Waals surface area contributed by atoms with E-state index in [0.29, 0.717) is 4.88 Å². The predicted molar refractivity (Wildman–Crippen MR) is 70.9 cm³/mol. The number of piperazine rings is 1. The van der Waals surface area contributed by atoms with E-state index in [1.807, 2.05) is 14.0 Å². The Morgan fingerprint density at radius 3 is 2.83 bits per heavy atom. The summed E-state index contributed by atoms with van der Waals surface area (Å²) in [4.78, 5) is 16.9. The molecule has 0 aliphatic carbocycles. The fourth-order valence-corrected chi connectivity index (χ4v) is 2.58. The zero-order chi connectivity index (χ0) is 13.0. The standard InChI is InChI=1S/C11H19N5OS/c1-9-10(18-14-13-9)11(17)15(2)7-8-16-5-3-12-4-6-16/h12H,3-8H2,1-2H3. The molecular formula is C11H19N5OS. The molecule has 7 heteroatoms. The number of nitrogens with zero attached hydrogens (tertiary/aromatic N) is 4. The van der Waals surface area contributed by atoms with Crippen LogP contribution in [0.3, 0.4) is 0 Å². The molecular weight excluding hydrogens is 250 g/mol. The molecule has 18 heavy (non-hydrogen) atoms. The maximum atomic E-state index is 12.1. The van der Waals surface area contributed by atoms with E-state index >= 15 is 0 Å². The number of carbonyl (C=O) groups is 1. The van der Waals surface area contributed by atoms with E-state index in [2.05, 4.69) is 19.8 Å². The highest BCUT2D eigenvalue weighted by Crippen LogP contribution is 2.11. The molecule has 1 N–H and O–H groups in total. The quantitative estimate of drug-likeness (QED) is 0.822. The molecule has 2 rings (SSSR count). The van der Waals surface area contributed by atoms with E-state index in [0.717, 1.165) is 45.0 Å². The van der Waals surface area contributed by atoms with Crippen LogP contribution in [-0.4, -0.2) is 71.6 Å². The zero-order valence-electron chi connectivity index (χ0n) is 10.8. The van der Waals surface area contributed by atoms with Crippen molar-refractivity contribution < 1.29 is 4.79 Å². The second-order valence-corrected chi connectivity index (χ2v) is 5.26. The summed E-state index contributed by atoms with van der Waals surface area (Å²) in [6.07, 6.45) is 0. The zero-order valence-corrected chi connectivity index (χ0v) is 11.7. The van der Waals surface area contributed by atoms with Crippen LogP contribution in [0.2, 0.25) is 0 Å². The molecule has 100 valence electrons. The Morgan fingerprint density at radius 1 is 1.50 bits per heavy atom. The molecule has 0 spiro atoms. The summed E-state index contributed by atoms with van der Waals surface area (Å²) < 4.78 is 3.80. The van der Waals surface area contributed by atoms with Crippen molar-refractivity contribution in [3.05, 3.63) is 10.6 Å². The number of aromatic nitrogens is 2. The Labute approximate surface area is 111 Å². The Bertz CT molecular complexity index is 402. The smallest absolute Gasteiger partial charge is 0.267 e. The largest absolute Gasteiger partial charge is 0.340 e. The summed E-state index contributed by atoms with van der Waals surface area (Å²) in [5.41, 5.74) is 0.721. The molecule has 0 saturated carbocycles. The maximum absolute atomic E-state index is 12.1. The van der Waals surface area contributed by atoms with Gasteiger partial charge in [-0.25, -0.2) is 0 Å². The molecule has 2 heterocycles. The molecule has 1 aliphatic rings. The second kappa shape index (κ2) is 6.21. The van der Waals surface area contributed by atoms with Crippen LogP contribution in [0.15, 0.2) is 0 Å². The highest BCUT2D eigenvalue weighted by atomic mass is 32.1. The van der Waals surface area contributed by atoms with Crippen molar-refractivity contribution in [2.24, 2.45) is 0 Å². The van der Waals surface area contributed by atoms with Crippen molar-refractivity contribution in [3.8, 4) is 0 Å². The van der Waals surface area contributed by atoms with Crippen LogP contribution in [0.1, 0.15) is 15.4 Å². The van der Waals surface area contributed by atoms with Crippen molar-refractivity contribution in [1.29, 1.82) is 0 Å². The average Bonchev–Trinajstić information content (AvgIpc) is 2.82. The van der Waals surface area contributed by atoms with E-state index in [4.69, 9.17) is 0 Å². The summed E-state index contributed by atoms with van der Waals surface area (Å²) >= 11 is 1.17. The molecule has 1 saturated heterocycles. The fraction of sp³-hybridized carbons (Fsp3) is 0.727. The minimum Gasteiger partial charge on any atom is -0.340 e. The van der Waals surface area contributed by atoms with Crippen LogP contribution in [-0.2, 0) is 0 Å². The van der Waals surface area contributed by atoms with Crippen molar-refractivity contribution in [2.45, 2.75) is 6.92 Å². The van der Waals surface area contributed by atoms with Crippen LogP contribution in [0.25, 0.3) is 0 Å². The summed E-state index contributed by atoms with van der Waals surface area (Å²) in [6.45, 7) is 7.68. The Morgan fingerprint density at radius 2 is 2.22 bits per heavy atom. The molecule has 0 bridgehead atoms. The van der Waals surface area contributed by atoms with E-state index < -0.39 is 0 Å². The highest BCUT2D eigenvalue weighted by molar-refractivity contribution is 7.07. The van der Waals surface area contributed by atoms with Gasteiger partial charge in [0.05, 0.1) is 5.69 Å². The first-order chi connectivity index (χ1) is 8.68. The fourth-order valence-electron chi connectivity index (χ4n) is 1.93. The van der Waals surface area contributed by atoms with Crippen molar-refractivity contribution in [3.63, 3.8) is 0 Å². The van der Waals surface area contributed by atoms with E-state index in [-0.39, 0.29) is 5.91 Å². The van der Waals surface area contributed by atoms with Crippen LogP contribution in [0.5, 0.6) is 0 Å². The Balaban J connectivity index is 1.82. The lowest BCUT2D eigenvalue weighted by atomic mass is 10.3. The molecule has 0 radical (unpaired) electrons. The average molecular weight is 269 g/mol. The summed E-state index contributed by atoms with van der Waals surface area (Å²) in [5.74, 6) is 0.0256. The lowest BCUT2D eigenvalue weighted by molar-refractivity contribution is 0.0778. The van der Waals surface area contributed by atoms with Gasteiger partial charge in [-0.1, -0.05) is 4.49 Å². The number of amides is 1. The van der Waals surface area contributed by atoms with Gasteiger partial charge in [-0.2, -0.15) is 0 Å². The first kappa shape index (κ1) is 13.4. The van der Waals surface area contributed by atoms with Gasteiger partial charge in [0.15, 0.2) is 0 Å². The number of carbonyl (C=O) groups excluding carboxylic acids is 1. The molecule has 0 atom stereocenters. The van der Waals surface area contributed by atoms with Crippen molar-refractivity contribution in [2.75, 3.05) is 46.3 Å². The molecule has 1 fully saturated rings. The van der Waals surface area contributed by atoms with E-state index in [1.165, 1.54) is 11.5 Å². The van der Waals surface area contributed by atoms with Gasteiger partial charge in [-0.3, -0.25) is 9.69 Å². The van der Waals surface area contributed by atoms with Gasteiger partial charge < -0.3 is 10.2 Å². The summed E-state index contributed by atoms with van der Waals surface area (Å²) in [5, 5.41) is 7.19. The Hall–Kier alpha value is -1.05. The molecule has 0 aromatic carbocycles. The third-order valence-corrected chi connectivity index (χ3v) is 3.97. The molecule has 1 aliphatic heterocycles. The van der Waals surface area contributed by atoms with Gasteiger partial charge >= 0.3 is 0 Å². The normalized spacial score (nSPS) is 16.8. The summed E-state index contributed by atoms with van der Waals surface area (Å²) in [6, 6.07) is 0. The minimum absolute atomic E-state index is 0.0256. The molecule has 1 aromatic rings. The topological polar surface area (TPSA) is 61.4 Å². The number of rotatable bonds is 4. The number of hydrogen-bond donors (Lipinski definition) is 1. The second-order valence-electron chi connectivity index (χ2n) is 4.51. The lowest BCUT2D eigenvalue weighted by Gasteiger charge is -2.28.